The van der Waals surface area contributed by atoms with E-state index in [0.717, 1.165) is 68.7 Å². The number of methoxy groups -OCH3 is 1. The predicted molar refractivity (Wildman–Crippen MR) is 201 cm³/mol. The van der Waals surface area contributed by atoms with Crippen molar-refractivity contribution in [1.82, 2.24) is 30.4 Å². The summed E-state index contributed by atoms with van der Waals surface area (Å²) in [5.41, 5.74) is 6.64. The fourth-order valence-corrected chi connectivity index (χ4v) is 6.23. The molecule has 3 aromatic carbocycles. The van der Waals surface area contributed by atoms with Crippen LogP contribution >= 0.6 is 0 Å². The minimum atomic E-state index is -0.648. The molecule has 1 atom stereocenters. The van der Waals surface area contributed by atoms with Crippen molar-refractivity contribution in [2.24, 2.45) is 4.99 Å². The number of imidazole rings is 1. The van der Waals surface area contributed by atoms with Gasteiger partial charge in [-0.05, 0) is 73.2 Å². The Hall–Kier alpha value is -5.43. The molecule has 51 heavy (non-hydrogen) atoms. The molecule has 13 heteroatoms. The molecule has 5 rings (SSSR count). The second kappa shape index (κ2) is 17.0. The molecule has 4 aromatic rings. The van der Waals surface area contributed by atoms with E-state index in [-0.39, 0.29) is 30.9 Å². The lowest BCUT2D eigenvalue weighted by Gasteiger charge is -2.27. The number of benzene rings is 3. The van der Waals surface area contributed by atoms with Gasteiger partial charge in [-0.1, -0.05) is 32.0 Å². The van der Waals surface area contributed by atoms with Gasteiger partial charge >= 0.3 is 6.09 Å². The number of carbonyl (C=O) groups excluding carboxylic acids is 3. The third-order valence-electron chi connectivity index (χ3n) is 9.10. The molecule has 1 aliphatic heterocycles. The number of rotatable bonds is 15. The summed E-state index contributed by atoms with van der Waals surface area (Å²) >= 11 is 0. The highest BCUT2D eigenvalue weighted by Crippen LogP contribution is 2.44. The Balaban J connectivity index is 1.35. The lowest BCUT2D eigenvalue weighted by Crippen LogP contribution is -2.43. The molecule has 0 saturated carbocycles. The second-order valence-corrected chi connectivity index (χ2v) is 12.5. The summed E-state index contributed by atoms with van der Waals surface area (Å²) in [4.78, 5) is 53.0. The van der Waals surface area contributed by atoms with Crippen LogP contribution in [0.3, 0.4) is 0 Å². The van der Waals surface area contributed by atoms with Crippen molar-refractivity contribution >= 4 is 46.3 Å². The molecular formula is C38H48N8O5. The normalized spacial score (nSPS) is 12.5. The molecule has 3 amide bonds. The molecule has 0 saturated heterocycles. The molecule has 13 nitrogen and oxygen atoms in total. The largest absolute Gasteiger partial charge is 0.488 e. The van der Waals surface area contributed by atoms with Crippen molar-refractivity contribution in [1.29, 1.82) is 0 Å². The number of H-pyrrole nitrogens is 1. The van der Waals surface area contributed by atoms with Crippen molar-refractivity contribution in [2.75, 3.05) is 52.7 Å². The van der Waals surface area contributed by atoms with E-state index in [2.05, 4.69) is 80.9 Å². The summed E-state index contributed by atoms with van der Waals surface area (Å²) in [6.45, 7) is 7.91. The van der Waals surface area contributed by atoms with E-state index >= 15 is 0 Å². The van der Waals surface area contributed by atoms with Crippen LogP contribution in [0.1, 0.15) is 45.0 Å². The number of aromatic amines is 1. The zero-order valence-corrected chi connectivity index (χ0v) is 30.3. The number of hydrogen-bond donors (Lipinski definition) is 4. The third-order valence-corrected chi connectivity index (χ3v) is 9.10. The standard InChI is InChI=1S/C38H48N8O5/c1-7-14-45(35(47)21-43-38(49)50-6)22-34-42-19-32(44-34)26-9-11-28-27(16-26)23-51-33-18-29-25(17-30(28)33)10-12-31(37(29)40-5)41-13-15-46(24(3)8-2)36(48)20-39-4/h9-13,16-19,24,39-40H,7-8,14-15,20-23H2,1-6H3,(H,42,44)(H,43,49)/b41-13+/t24-/m0/s1. The predicted octanol–water partition coefficient (Wildman–Crippen LogP) is 5.47. The van der Waals surface area contributed by atoms with Gasteiger partial charge in [0.05, 0.1) is 50.0 Å². The van der Waals surface area contributed by atoms with Crippen LogP contribution in [0, 0.1) is 0 Å². The Labute approximate surface area is 298 Å². The number of anilines is 1. The third kappa shape index (κ3) is 8.48. The molecular weight excluding hydrogens is 648 g/mol. The zero-order valence-electron chi connectivity index (χ0n) is 30.3. The molecule has 4 N–H and O–H groups in total. The Morgan fingerprint density at radius 2 is 1.90 bits per heavy atom. The molecule has 0 spiro atoms. The minimum Gasteiger partial charge on any atom is -0.488 e. The molecule has 2 heterocycles. The summed E-state index contributed by atoms with van der Waals surface area (Å²) in [6.07, 6.45) is 4.55. The summed E-state index contributed by atoms with van der Waals surface area (Å²) in [7, 11) is 4.92. The number of amides is 3. The molecule has 0 unspecified atom stereocenters. The molecule has 1 aliphatic rings. The first-order valence-electron chi connectivity index (χ1n) is 17.4. The summed E-state index contributed by atoms with van der Waals surface area (Å²) in [6, 6.07) is 14.7. The Kier molecular flexibility index (Phi) is 12.3. The Bertz CT molecular complexity index is 1900. The summed E-state index contributed by atoms with van der Waals surface area (Å²) < 4.78 is 10.9. The van der Waals surface area contributed by atoms with Crippen molar-refractivity contribution in [3.05, 3.63) is 60.0 Å². The lowest BCUT2D eigenvalue weighted by atomic mass is 9.92. The van der Waals surface area contributed by atoms with E-state index in [1.807, 2.05) is 24.9 Å². The highest BCUT2D eigenvalue weighted by molar-refractivity contribution is 6.03. The molecule has 270 valence electrons. The first-order chi connectivity index (χ1) is 24.7. The van der Waals surface area contributed by atoms with Crippen LogP contribution in [0.5, 0.6) is 5.75 Å². The minimum absolute atomic E-state index is 0.0473. The molecule has 0 aliphatic carbocycles. The van der Waals surface area contributed by atoms with Gasteiger partial charge in [-0.25, -0.2) is 9.78 Å². The molecule has 0 fully saturated rings. The number of aliphatic imine (C=N–C) groups is 1. The van der Waals surface area contributed by atoms with E-state index in [1.165, 1.54) is 7.11 Å². The van der Waals surface area contributed by atoms with Crippen LogP contribution < -0.4 is 20.7 Å². The van der Waals surface area contributed by atoms with E-state index in [1.54, 1.807) is 24.4 Å². The topological polar surface area (TPSA) is 153 Å². The van der Waals surface area contributed by atoms with Gasteiger partial charge < -0.3 is 40.2 Å². The number of hydrogen-bond acceptors (Lipinski definition) is 9. The van der Waals surface area contributed by atoms with Gasteiger partial charge in [-0.2, -0.15) is 0 Å². The number of likely N-dealkylation sites (N-methyl/N-ethyl adjacent to an activating group) is 1. The molecule has 0 bridgehead atoms. The number of carbonyl (C=O) groups is 3. The van der Waals surface area contributed by atoms with Gasteiger partial charge in [0.15, 0.2) is 0 Å². The lowest BCUT2D eigenvalue weighted by molar-refractivity contribution is -0.131. The molecule has 1 aromatic heterocycles. The first-order valence-corrected chi connectivity index (χ1v) is 17.4. The van der Waals surface area contributed by atoms with Crippen LogP contribution in [0.4, 0.5) is 16.2 Å². The van der Waals surface area contributed by atoms with Gasteiger partial charge in [0.25, 0.3) is 0 Å². The van der Waals surface area contributed by atoms with Gasteiger partial charge in [0.2, 0.25) is 11.8 Å². The van der Waals surface area contributed by atoms with Crippen molar-refractivity contribution < 1.29 is 23.9 Å². The maximum Gasteiger partial charge on any atom is 0.407 e. The van der Waals surface area contributed by atoms with E-state index in [0.29, 0.717) is 32.1 Å². The number of nitrogens with zero attached hydrogens (tertiary/aromatic N) is 4. The number of ether oxygens (including phenoxy) is 2. The average molecular weight is 697 g/mol. The second-order valence-electron chi connectivity index (χ2n) is 12.5. The molecule has 0 radical (unpaired) electrons. The number of fused-ring (bicyclic) bond motifs is 4. The monoisotopic (exact) mass is 696 g/mol. The maximum absolute atomic E-state index is 12.7. The van der Waals surface area contributed by atoms with E-state index in [4.69, 9.17) is 9.73 Å². The maximum atomic E-state index is 12.7. The van der Waals surface area contributed by atoms with E-state index in [9.17, 15) is 14.4 Å². The van der Waals surface area contributed by atoms with Crippen molar-refractivity contribution in [3.8, 4) is 28.1 Å². The highest BCUT2D eigenvalue weighted by Gasteiger charge is 2.22. The number of aromatic nitrogens is 2. The van der Waals surface area contributed by atoms with Crippen LogP contribution in [-0.4, -0.2) is 97.3 Å². The fraction of sp³-hybridized carbons (Fsp3) is 0.395. The van der Waals surface area contributed by atoms with Gasteiger partial charge in [0, 0.05) is 36.8 Å². The smallest absolute Gasteiger partial charge is 0.407 e. The average Bonchev–Trinajstić information content (AvgIpc) is 3.62. The van der Waals surface area contributed by atoms with Crippen LogP contribution in [0.2, 0.25) is 0 Å². The van der Waals surface area contributed by atoms with E-state index < -0.39 is 6.09 Å². The highest BCUT2D eigenvalue weighted by atomic mass is 16.5. The first kappa shape index (κ1) is 36.8. The Morgan fingerprint density at radius 1 is 1.08 bits per heavy atom. The van der Waals surface area contributed by atoms with Crippen LogP contribution in [-0.2, 0) is 27.5 Å². The quantitative estimate of drug-likeness (QED) is 0.119. The Morgan fingerprint density at radius 3 is 2.63 bits per heavy atom. The summed E-state index contributed by atoms with van der Waals surface area (Å²) in [5, 5.41) is 10.8. The van der Waals surface area contributed by atoms with Gasteiger partial charge in [-0.15, -0.1) is 0 Å². The van der Waals surface area contributed by atoms with Gasteiger partial charge in [0.1, 0.15) is 24.7 Å². The summed E-state index contributed by atoms with van der Waals surface area (Å²) in [5.74, 6) is 1.28. The van der Waals surface area contributed by atoms with Crippen molar-refractivity contribution in [3.63, 3.8) is 0 Å². The fourth-order valence-electron chi connectivity index (χ4n) is 6.23. The van der Waals surface area contributed by atoms with Crippen molar-refractivity contribution in [2.45, 2.75) is 52.8 Å². The SMILES string of the molecule is CCCN(Cc1ncc(-c2ccc3c(c2)COc2cc4c(NC)c(/N=C/CN(C(=O)CNC)[C@@H](C)CC)ccc4cc2-3)[nH]1)C(=O)CNC(=O)OC. The van der Waals surface area contributed by atoms with Crippen LogP contribution in [0.15, 0.2) is 53.7 Å². The van der Waals surface area contributed by atoms with Crippen LogP contribution in [0.25, 0.3) is 33.2 Å². The number of alkyl carbamates (subject to hydrolysis) is 1. The zero-order chi connectivity index (χ0) is 36.5. The number of nitrogens with one attached hydrogen (secondary N) is 4. The van der Waals surface area contributed by atoms with Gasteiger partial charge in [-0.3, -0.25) is 14.6 Å².